The molecule has 0 unspecified atom stereocenters. The highest BCUT2D eigenvalue weighted by atomic mass is 32.1. The maximum atomic E-state index is 13.1. The molecular weight excluding hydrogens is 504 g/mol. The Morgan fingerprint density at radius 2 is 1.92 bits per heavy atom. The first-order chi connectivity index (χ1) is 18.5. The van der Waals surface area contributed by atoms with Gasteiger partial charge in [-0.15, -0.1) is 12.6 Å². The molecule has 1 spiro atoms. The van der Waals surface area contributed by atoms with E-state index in [0.717, 1.165) is 26.9 Å². The molecule has 1 aromatic carbocycles. The first kappa shape index (κ1) is 24.4. The monoisotopic (exact) mass is 530 g/mol. The summed E-state index contributed by atoms with van der Waals surface area (Å²) in [5, 5.41) is 1.47. The SMILES string of the molecule is COc1ncc(-c2ccc3nc4c(cc3c2)c(=O)n2n4CC3(CC2)OCCO3)cc1N.Sc1cccnc1. The Bertz CT molecular complexity index is 1700. The first-order valence-corrected chi connectivity index (χ1v) is 12.6. The van der Waals surface area contributed by atoms with Crippen molar-refractivity contribution in [2.24, 2.45) is 0 Å². The van der Waals surface area contributed by atoms with E-state index >= 15 is 0 Å². The fourth-order valence-corrected chi connectivity index (χ4v) is 5.07. The molecule has 0 radical (unpaired) electrons. The van der Waals surface area contributed by atoms with E-state index in [9.17, 15) is 4.79 Å². The van der Waals surface area contributed by atoms with Gasteiger partial charge in [0.1, 0.15) is 0 Å². The quantitative estimate of drug-likeness (QED) is 0.333. The van der Waals surface area contributed by atoms with Gasteiger partial charge in [0.05, 0.1) is 43.5 Å². The molecule has 4 aromatic heterocycles. The largest absolute Gasteiger partial charge is 0.480 e. The Hall–Kier alpha value is -3.93. The molecule has 2 aliphatic rings. The average molecular weight is 531 g/mol. The van der Waals surface area contributed by atoms with Crippen molar-refractivity contribution in [3.8, 4) is 17.0 Å². The number of hydrogen-bond donors (Lipinski definition) is 2. The van der Waals surface area contributed by atoms with Crippen LogP contribution in [0.1, 0.15) is 6.42 Å². The molecule has 0 aliphatic carbocycles. The predicted octanol–water partition coefficient (Wildman–Crippen LogP) is 3.52. The standard InChI is InChI=1S/C22H21N5O4.C5H5NS/c1-29-20-17(23)10-15(11-24-20)13-2-3-18-14(8-13)9-16-19(25-18)27-12-22(30-6-7-31-22)4-5-26(27)21(16)28;7-5-2-1-3-6-4-5/h2-3,8-11H,4-7,12,23H2,1H3;1-4,7H. The van der Waals surface area contributed by atoms with Crippen LogP contribution in [0.25, 0.3) is 33.1 Å². The van der Waals surface area contributed by atoms with Crippen LogP contribution >= 0.6 is 12.6 Å². The predicted molar refractivity (Wildman–Crippen MR) is 146 cm³/mol. The Morgan fingerprint density at radius 1 is 1.08 bits per heavy atom. The molecule has 2 N–H and O–H groups in total. The normalized spacial score (nSPS) is 15.8. The van der Waals surface area contributed by atoms with Gasteiger partial charge in [0.15, 0.2) is 11.4 Å². The highest BCUT2D eigenvalue weighted by Gasteiger charge is 2.41. The number of fused-ring (bicyclic) bond motifs is 4. The summed E-state index contributed by atoms with van der Waals surface area (Å²) in [5.74, 6) is -0.256. The number of anilines is 1. The van der Waals surface area contributed by atoms with Gasteiger partial charge in [0.2, 0.25) is 5.88 Å². The summed E-state index contributed by atoms with van der Waals surface area (Å²) >= 11 is 4.02. The summed E-state index contributed by atoms with van der Waals surface area (Å²) in [4.78, 5) is 26.9. The van der Waals surface area contributed by atoms with Gasteiger partial charge in [0, 0.05) is 47.4 Å². The molecule has 5 aromatic rings. The number of hydrogen-bond acceptors (Lipinski definition) is 9. The van der Waals surface area contributed by atoms with Crippen molar-refractivity contribution in [2.75, 3.05) is 26.1 Å². The van der Waals surface area contributed by atoms with E-state index in [1.54, 1.807) is 23.3 Å². The molecule has 0 atom stereocenters. The number of benzene rings is 1. The van der Waals surface area contributed by atoms with E-state index in [1.165, 1.54) is 7.11 Å². The second-order valence-corrected chi connectivity index (χ2v) is 9.66. The second-order valence-electron chi connectivity index (χ2n) is 9.14. The number of rotatable bonds is 2. The number of nitrogens with two attached hydrogens (primary N) is 1. The van der Waals surface area contributed by atoms with Gasteiger partial charge < -0.3 is 19.9 Å². The zero-order valence-electron chi connectivity index (χ0n) is 20.7. The number of ether oxygens (including phenoxy) is 3. The van der Waals surface area contributed by atoms with Gasteiger partial charge in [0.25, 0.3) is 5.56 Å². The van der Waals surface area contributed by atoms with Crippen LogP contribution in [0.5, 0.6) is 5.88 Å². The van der Waals surface area contributed by atoms with Crippen molar-refractivity contribution in [1.29, 1.82) is 0 Å². The number of aromatic nitrogens is 5. The molecule has 0 amide bonds. The number of methoxy groups -OCH3 is 1. The van der Waals surface area contributed by atoms with Crippen molar-refractivity contribution >= 4 is 40.3 Å². The van der Waals surface area contributed by atoms with Crippen molar-refractivity contribution in [2.45, 2.75) is 30.2 Å². The van der Waals surface area contributed by atoms with Crippen LogP contribution in [0.2, 0.25) is 0 Å². The van der Waals surface area contributed by atoms with Crippen LogP contribution in [-0.4, -0.2) is 50.4 Å². The lowest BCUT2D eigenvalue weighted by molar-refractivity contribution is -0.187. The van der Waals surface area contributed by atoms with E-state index in [0.29, 0.717) is 55.3 Å². The second kappa shape index (κ2) is 9.75. The summed E-state index contributed by atoms with van der Waals surface area (Å²) in [6.45, 7) is 2.15. The number of pyridine rings is 3. The molecule has 38 heavy (non-hydrogen) atoms. The molecule has 6 heterocycles. The molecular formula is C27H26N6O4S. The summed E-state index contributed by atoms with van der Waals surface area (Å²) in [7, 11) is 1.54. The summed E-state index contributed by atoms with van der Waals surface area (Å²) < 4.78 is 20.5. The average Bonchev–Trinajstić information content (AvgIpc) is 3.49. The summed E-state index contributed by atoms with van der Waals surface area (Å²) in [5.41, 5.74) is 9.70. The third kappa shape index (κ3) is 4.38. The van der Waals surface area contributed by atoms with Crippen LogP contribution in [0.15, 0.2) is 70.7 Å². The van der Waals surface area contributed by atoms with Crippen LogP contribution in [0.4, 0.5) is 5.69 Å². The lowest BCUT2D eigenvalue weighted by atomic mass is 10.0. The molecule has 1 saturated heterocycles. The van der Waals surface area contributed by atoms with Gasteiger partial charge in [-0.25, -0.2) is 14.6 Å². The molecule has 2 aliphatic heterocycles. The number of nitrogens with zero attached hydrogens (tertiary/aromatic N) is 5. The maximum Gasteiger partial charge on any atom is 0.276 e. The van der Waals surface area contributed by atoms with E-state index in [1.807, 2.05) is 47.1 Å². The van der Waals surface area contributed by atoms with Crippen LogP contribution in [0, 0.1) is 0 Å². The van der Waals surface area contributed by atoms with Crippen molar-refractivity contribution < 1.29 is 14.2 Å². The van der Waals surface area contributed by atoms with Crippen LogP contribution in [0.3, 0.4) is 0 Å². The minimum absolute atomic E-state index is 0.0435. The number of thiol groups is 1. The summed E-state index contributed by atoms with van der Waals surface area (Å²) in [6.07, 6.45) is 5.79. The minimum atomic E-state index is -0.653. The Morgan fingerprint density at radius 3 is 2.61 bits per heavy atom. The van der Waals surface area contributed by atoms with Gasteiger partial charge >= 0.3 is 0 Å². The zero-order chi connectivity index (χ0) is 26.3. The van der Waals surface area contributed by atoms with Crippen LogP contribution < -0.4 is 16.0 Å². The first-order valence-electron chi connectivity index (χ1n) is 12.2. The lowest BCUT2D eigenvalue weighted by Crippen LogP contribution is -2.45. The molecule has 11 heteroatoms. The fourth-order valence-electron chi connectivity index (χ4n) is 4.91. The molecule has 1 fully saturated rings. The van der Waals surface area contributed by atoms with Gasteiger partial charge in [-0.2, -0.15) is 0 Å². The van der Waals surface area contributed by atoms with Gasteiger partial charge in [-0.3, -0.25) is 14.5 Å². The van der Waals surface area contributed by atoms with Gasteiger partial charge in [-0.05, 0) is 42.0 Å². The Balaban J connectivity index is 0.000000330. The third-order valence-electron chi connectivity index (χ3n) is 6.76. The number of nitrogen functional groups attached to an aromatic ring is 1. The third-order valence-corrected chi connectivity index (χ3v) is 7.02. The maximum absolute atomic E-state index is 13.1. The van der Waals surface area contributed by atoms with E-state index in [2.05, 4.69) is 22.6 Å². The van der Waals surface area contributed by atoms with Crippen molar-refractivity contribution in [3.05, 3.63) is 71.4 Å². The molecule has 10 nitrogen and oxygen atoms in total. The topological polar surface area (TPSA) is 119 Å². The zero-order valence-corrected chi connectivity index (χ0v) is 21.6. The van der Waals surface area contributed by atoms with E-state index in [-0.39, 0.29) is 5.56 Å². The highest BCUT2D eigenvalue weighted by molar-refractivity contribution is 7.80. The summed E-state index contributed by atoms with van der Waals surface area (Å²) in [6, 6.07) is 13.4. The van der Waals surface area contributed by atoms with E-state index < -0.39 is 5.79 Å². The highest BCUT2D eigenvalue weighted by Crippen LogP contribution is 2.32. The molecule has 7 rings (SSSR count). The smallest absolute Gasteiger partial charge is 0.276 e. The lowest BCUT2D eigenvalue weighted by Gasteiger charge is -2.33. The van der Waals surface area contributed by atoms with Gasteiger partial charge in [-0.1, -0.05) is 6.07 Å². The Labute approximate surface area is 223 Å². The van der Waals surface area contributed by atoms with Crippen LogP contribution in [-0.2, 0) is 22.6 Å². The van der Waals surface area contributed by atoms with Crippen molar-refractivity contribution in [1.82, 2.24) is 24.3 Å². The Kier molecular flexibility index (Phi) is 6.26. The fraction of sp³-hybridized carbons (Fsp3) is 0.259. The van der Waals surface area contributed by atoms with Crippen molar-refractivity contribution in [3.63, 3.8) is 0 Å². The molecule has 0 bridgehead atoms. The minimum Gasteiger partial charge on any atom is -0.480 e. The molecule has 0 saturated carbocycles. The van der Waals surface area contributed by atoms with E-state index in [4.69, 9.17) is 24.9 Å². The molecule has 194 valence electrons.